The largest absolute Gasteiger partial charge is 0.350 e. The van der Waals surface area contributed by atoms with Crippen LogP contribution in [-0.4, -0.2) is 25.3 Å². The third-order valence-electron chi connectivity index (χ3n) is 7.87. The molecule has 8 heteroatoms. The van der Waals surface area contributed by atoms with Crippen LogP contribution >= 0.6 is 23.2 Å². The molecule has 0 saturated carbocycles. The topological polar surface area (TPSA) is 63.0 Å². The molecule has 6 nitrogen and oxygen atoms in total. The van der Waals surface area contributed by atoms with Crippen molar-refractivity contribution in [3.8, 4) is 0 Å². The molecule has 1 amide bonds. The van der Waals surface area contributed by atoms with E-state index < -0.39 is 0 Å². The molecule has 2 aromatic carbocycles. The van der Waals surface area contributed by atoms with Gasteiger partial charge in [0.05, 0.1) is 27.3 Å². The minimum atomic E-state index is -0.324. The van der Waals surface area contributed by atoms with E-state index in [4.69, 9.17) is 28.2 Å². The van der Waals surface area contributed by atoms with E-state index in [2.05, 4.69) is 75.5 Å². The Bertz CT molecular complexity index is 1700. The van der Waals surface area contributed by atoms with Crippen molar-refractivity contribution in [1.29, 1.82) is 0 Å². The number of hydrogen-bond acceptors (Lipinski definition) is 4. The number of benzene rings is 2. The van der Waals surface area contributed by atoms with Gasteiger partial charge < -0.3 is 9.88 Å². The summed E-state index contributed by atoms with van der Waals surface area (Å²) >= 11 is 12.4. The van der Waals surface area contributed by atoms with Gasteiger partial charge in [0.2, 0.25) is 0 Å². The van der Waals surface area contributed by atoms with Gasteiger partial charge in [0.25, 0.3) is 5.91 Å². The molecule has 0 saturated heterocycles. The number of hydrogen-bond donors (Lipinski definition) is 1. The van der Waals surface area contributed by atoms with E-state index in [1.165, 1.54) is 45.7 Å². The number of nitrogens with one attached hydrogen (secondary N) is 1. The summed E-state index contributed by atoms with van der Waals surface area (Å²) in [5.41, 5.74) is 7.50. The van der Waals surface area contributed by atoms with E-state index in [1.807, 2.05) is 24.4 Å². The Morgan fingerprint density at radius 1 is 1.02 bits per heavy atom. The van der Waals surface area contributed by atoms with E-state index in [1.54, 1.807) is 0 Å². The molecule has 6 rings (SSSR count). The summed E-state index contributed by atoms with van der Waals surface area (Å²) in [6.07, 6.45) is 10.3. The molecule has 0 aliphatic heterocycles. The lowest BCUT2D eigenvalue weighted by atomic mass is 9.90. The van der Waals surface area contributed by atoms with Crippen LogP contribution in [0.3, 0.4) is 0 Å². The van der Waals surface area contributed by atoms with Crippen LogP contribution in [-0.2, 0) is 33.1 Å². The average Bonchev–Trinajstić information content (AvgIpc) is 3.30. The number of carbonyl (C=O) groups is 1. The third kappa shape index (κ3) is 5.87. The Morgan fingerprint density at radius 3 is 2.68 bits per heavy atom. The Hall–Kier alpha value is -3.71. The quantitative estimate of drug-likeness (QED) is 0.208. The summed E-state index contributed by atoms with van der Waals surface area (Å²) in [5.74, 6) is -0.324. The van der Waals surface area contributed by atoms with Crippen molar-refractivity contribution in [3.05, 3.63) is 129 Å². The van der Waals surface area contributed by atoms with Gasteiger partial charge >= 0.3 is 0 Å². The predicted octanol–water partition coefficient (Wildman–Crippen LogP) is 7.28. The SMILES string of the molecule is Cn1cc(CN(Cc2cccc(CNC(=O)c3c(Cl)cncc3Cl)c2)C2CCCc3cccnc32)c2ccccc21. The Labute approximate surface area is 249 Å². The van der Waals surface area contributed by atoms with Crippen molar-refractivity contribution in [2.45, 2.75) is 44.9 Å². The van der Waals surface area contributed by atoms with E-state index in [-0.39, 0.29) is 27.6 Å². The monoisotopic (exact) mass is 583 g/mol. The average molecular weight is 585 g/mol. The van der Waals surface area contributed by atoms with Gasteiger partial charge in [-0.1, -0.05) is 71.7 Å². The molecule has 0 spiro atoms. The van der Waals surface area contributed by atoms with Crippen LogP contribution in [0.4, 0.5) is 0 Å². The molecule has 1 atom stereocenters. The van der Waals surface area contributed by atoms with Gasteiger partial charge in [-0.2, -0.15) is 0 Å². The summed E-state index contributed by atoms with van der Waals surface area (Å²) in [4.78, 5) is 24.2. The lowest BCUT2D eigenvalue weighted by molar-refractivity contribution is 0.0951. The fraction of sp³-hybridized carbons (Fsp3) is 0.242. The van der Waals surface area contributed by atoms with Crippen molar-refractivity contribution < 1.29 is 4.79 Å². The molecular weight excluding hydrogens is 553 g/mol. The second kappa shape index (κ2) is 12.0. The number of carbonyl (C=O) groups excluding carboxylic acids is 1. The Kier molecular flexibility index (Phi) is 8.06. The Balaban J connectivity index is 1.27. The molecule has 1 unspecified atom stereocenters. The highest BCUT2D eigenvalue weighted by molar-refractivity contribution is 6.39. The van der Waals surface area contributed by atoms with Gasteiger partial charge in [-0.05, 0) is 53.6 Å². The maximum atomic E-state index is 12.8. The maximum Gasteiger partial charge on any atom is 0.254 e. The molecule has 1 N–H and O–H groups in total. The highest BCUT2D eigenvalue weighted by Crippen LogP contribution is 2.36. The van der Waals surface area contributed by atoms with Gasteiger partial charge in [0.1, 0.15) is 0 Å². The zero-order chi connectivity index (χ0) is 28.3. The number of nitrogens with zero attached hydrogens (tertiary/aromatic N) is 4. The molecule has 1 aliphatic rings. The number of rotatable bonds is 8. The van der Waals surface area contributed by atoms with Crippen molar-refractivity contribution >= 4 is 40.0 Å². The lowest BCUT2D eigenvalue weighted by Gasteiger charge is -2.35. The van der Waals surface area contributed by atoms with Crippen LogP contribution in [0.2, 0.25) is 10.0 Å². The molecule has 0 bridgehead atoms. The third-order valence-corrected chi connectivity index (χ3v) is 8.44. The number of amides is 1. The summed E-state index contributed by atoms with van der Waals surface area (Å²) < 4.78 is 2.21. The fourth-order valence-electron chi connectivity index (χ4n) is 5.96. The molecule has 3 aromatic heterocycles. The number of aromatic nitrogens is 3. The predicted molar refractivity (Wildman–Crippen MR) is 164 cm³/mol. The van der Waals surface area contributed by atoms with Crippen molar-refractivity contribution in [2.75, 3.05) is 0 Å². The van der Waals surface area contributed by atoms with Gasteiger partial charge in [-0.25, -0.2) is 0 Å². The van der Waals surface area contributed by atoms with Gasteiger partial charge in [-0.3, -0.25) is 19.7 Å². The van der Waals surface area contributed by atoms with E-state index in [0.29, 0.717) is 6.54 Å². The standard InChI is InChI=1S/C33H31Cl2N5O/c1-39-20-25(26-11-2-3-12-29(26)39)21-40(30-13-5-9-24-10-6-14-37-32(24)30)19-23-8-4-7-22(15-23)16-38-33(41)31-27(34)17-36-18-28(31)35/h2-4,6-8,10-12,14-15,17-18,20,30H,5,9,13,16,19,21H2,1H3,(H,38,41). The second-order valence-corrected chi connectivity index (χ2v) is 11.4. The molecule has 208 valence electrons. The number of halogens is 2. The first-order chi connectivity index (χ1) is 20.0. The summed E-state index contributed by atoms with van der Waals surface area (Å²) in [5, 5.41) is 4.70. The van der Waals surface area contributed by atoms with Gasteiger partial charge in [-0.15, -0.1) is 0 Å². The molecular formula is C33H31Cl2N5O. The zero-order valence-corrected chi connectivity index (χ0v) is 24.4. The first-order valence-corrected chi connectivity index (χ1v) is 14.6. The highest BCUT2D eigenvalue weighted by atomic mass is 35.5. The summed E-state index contributed by atoms with van der Waals surface area (Å²) in [6.45, 7) is 1.93. The van der Waals surface area contributed by atoms with E-state index in [0.717, 1.165) is 37.9 Å². The van der Waals surface area contributed by atoms with Gasteiger partial charge in [0.15, 0.2) is 0 Å². The van der Waals surface area contributed by atoms with E-state index in [9.17, 15) is 4.79 Å². The number of fused-ring (bicyclic) bond motifs is 2. The van der Waals surface area contributed by atoms with Crippen LogP contribution in [0.25, 0.3) is 10.9 Å². The van der Waals surface area contributed by atoms with Crippen LogP contribution < -0.4 is 5.32 Å². The number of aryl methyl sites for hydroxylation is 2. The molecule has 3 heterocycles. The minimum absolute atomic E-state index is 0.221. The van der Waals surface area contributed by atoms with Crippen LogP contribution in [0.5, 0.6) is 0 Å². The molecule has 1 aliphatic carbocycles. The first kappa shape index (κ1) is 27.5. The molecule has 0 fully saturated rings. The summed E-state index contributed by atoms with van der Waals surface area (Å²) in [7, 11) is 2.11. The van der Waals surface area contributed by atoms with Crippen LogP contribution in [0, 0.1) is 0 Å². The molecule has 41 heavy (non-hydrogen) atoms. The molecule has 5 aromatic rings. The Morgan fingerprint density at radius 2 is 1.83 bits per heavy atom. The van der Waals surface area contributed by atoms with Crippen molar-refractivity contribution in [3.63, 3.8) is 0 Å². The second-order valence-electron chi connectivity index (χ2n) is 10.6. The zero-order valence-electron chi connectivity index (χ0n) is 22.9. The fourth-order valence-corrected chi connectivity index (χ4v) is 6.49. The summed E-state index contributed by atoms with van der Waals surface area (Å²) in [6, 6.07) is 21.4. The van der Waals surface area contributed by atoms with Crippen LogP contribution in [0.1, 0.15) is 57.2 Å². The van der Waals surface area contributed by atoms with Crippen molar-refractivity contribution in [2.24, 2.45) is 7.05 Å². The lowest BCUT2D eigenvalue weighted by Crippen LogP contribution is -2.31. The maximum absolute atomic E-state index is 12.8. The number of pyridine rings is 2. The van der Waals surface area contributed by atoms with E-state index >= 15 is 0 Å². The smallest absolute Gasteiger partial charge is 0.254 e. The number of para-hydroxylation sites is 1. The minimum Gasteiger partial charge on any atom is -0.350 e. The molecule has 0 radical (unpaired) electrons. The van der Waals surface area contributed by atoms with Gasteiger partial charge in [0, 0.05) is 62.4 Å². The highest BCUT2D eigenvalue weighted by Gasteiger charge is 2.28. The van der Waals surface area contributed by atoms with Crippen molar-refractivity contribution in [1.82, 2.24) is 24.8 Å². The van der Waals surface area contributed by atoms with Crippen LogP contribution in [0.15, 0.2) is 85.5 Å². The normalized spacial score (nSPS) is 14.8. The first-order valence-electron chi connectivity index (χ1n) is 13.8.